The maximum Gasteiger partial charge on any atom is 0.0406 e. The second-order valence-electron chi connectivity index (χ2n) is 6.34. The van der Waals surface area contributed by atoms with Crippen molar-refractivity contribution in [3.8, 4) is 0 Å². The SMILES string of the molecule is CC(C)CCNC1CCCN(Cc2ccc(Cl)cc2)C1. The molecule has 1 unspecified atom stereocenters. The lowest BCUT2D eigenvalue weighted by Gasteiger charge is -2.33. The molecule has 1 aliphatic heterocycles. The lowest BCUT2D eigenvalue weighted by Crippen LogP contribution is -2.45. The van der Waals surface area contributed by atoms with Crippen molar-refractivity contribution in [2.24, 2.45) is 5.92 Å². The first-order valence-electron chi connectivity index (χ1n) is 7.83. The largest absolute Gasteiger partial charge is 0.313 e. The number of benzene rings is 1. The molecule has 1 aromatic carbocycles. The number of nitrogens with zero attached hydrogens (tertiary/aromatic N) is 1. The third kappa shape index (κ3) is 5.43. The van der Waals surface area contributed by atoms with Gasteiger partial charge in [0, 0.05) is 24.2 Å². The average Bonchev–Trinajstić information content (AvgIpc) is 2.41. The van der Waals surface area contributed by atoms with Gasteiger partial charge in [-0.05, 0) is 56.0 Å². The van der Waals surface area contributed by atoms with Crippen LogP contribution in [0.25, 0.3) is 0 Å². The van der Waals surface area contributed by atoms with E-state index in [2.05, 4.69) is 36.2 Å². The van der Waals surface area contributed by atoms with Crippen LogP contribution in [0.4, 0.5) is 0 Å². The van der Waals surface area contributed by atoms with E-state index in [4.69, 9.17) is 11.6 Å². The van der Waals surface area contributed by atoms with E-state index in [1.807, 2.05) is 12.1 Å². The monoisotopic (exact) mass is 294 g/mol. The molecule has 1 fully saturated rings. The molecular formula is C17H27ClN2. The van der Waals surface area contributed by atoms with E-state index in [-0.39, 0.29) is 0 Å². The van der Waals surface area contributed by atoms with Crippen molar-refractivity contribution in [3.63, 3.8) is 0 Å². The minimum atomic E-state index is 0.662. The maximum absolute atomic E-state index is 5.94. The number of halogens is 1. The average molecular weight is 295 g/mol. The normalized spacial score (nSPS) is 20.5. The second kappa shape index (κ2) is 8.02. The Hall–Kier alpha value is -0.570. The van der Waals surface area contributed by atoms with Gasteiger partial charge in [0.15, 0.2) is 0 Å². The van der Waals surface area contributed by atoms with Crippen LogP contribution in [-0.2, 0) is 6.54 Å². The molecule has 1 saturated heterocycles. The Kier molecular flexibility index (Phi) is 6.34. The molecule has 1 atom stereocenters. The van der Waals surface area contributed by atoms with Gasteiger partial charge in [-0.3, -0.25) is 4.90 Å². The topological polar surface area (TPSA) is 15.3 Å². The molecule has 1 heterocycles. The van der Waals surface area contributed by atoms with Gasteiger partial charge in [-0.2, -0.15) is 0 Å². The number of hydrogen-bond acceptors (Lipinski definition) is 2. The molecule has 1 aromatic rings. The first-order chi connectivity index (χ1) is 9.63. The smallest absolute Gasteiger partial charge is 0.0406 e. The highest BCUT2D eigenvalue weighted by Gasteiger charge is 2.19. The molecule has 1 N–H and O–H groups in total. The minimum absolute atomic E-state index is 0.662. The fraction of sp³-hybridized carbons (Fsp3) is 0.647. The number of likely N-dealkylation sites (tertiary alicyclic amines) is 1. The summed E-state index contributed by atoms with van der Waals surface area (Å²) in [6, 6.07) is 8.91. The Morgan fingerprint density at radius 2 is 2.05 bits per heavy atom. The fourth-order valence-electron chi connectivity index (χ4n) is 2.79. The van der Waals surface area contributed by atoms with E-state index in [1.54, 1.807) is 0 Å². The highest BCUT2D eigenvalue weighted by Crippen LogP contribution is 2.16. The standard InChI is InChI=1S/C17H27ClN2/c1-14(2)9-10-19-17-4-3-11-20(13-17)12-15-5-7-16(18)8-6-15/h5-8,14,17,19H,3-4,9-13H2,1-2H3. The Labute approximate surface area is 128 Å². The molecule has 0 radical (unpaired) electrons. The summed E-state index contributed by atoms with van der Waals surface area (Å²) >= 11 is 5.94. The molecule has 0 saturated carbocycles. The Morgan fingerprint density at radius 1 is 1.30 bits per heavy atom. The summed E-state index contributed by atoms with van der Waals surface area (Å²) in [5.74, 6) is 0.788. The number of rotatable bonds is 6. The van der Waals surface area contributed by atoms with Crippen LogP contribution in [0.2, 0.25) is 5.02 Å². The van der Waals surface area contributed by atoms with Crippen LogP contribution in [0.15, 0.2) is 24.3 Å². The zero-order valence-electron chi connectivity index (χ0n) is 12.7. The highest BCUT2D eigenvalue weighted by atomic mass is 35.5. The van der Waals surface area contributed by atoms with Crippen molar-refractivity contribution in [3.05, 3.63) is 34.9 Å². The van der Waals surface area contributed by atoms with Crippen LogP contribution in [0.5, 0.6) is 0 Å². The summed E-state index contributed by atoms with van der Waals surface area (Å²) < 4.78 is 0. The quantitative estimate of drug-likeness (QED) is 0.855. The molecule has 0 aromatic heterocycles. The summed E-state index contributed by atoms with van der Waals surface area (Å²) in [5, 5.41) is 4.54. The van der Waals surface area contributed by atoms with Crippen molar-refractivity contribution in [2.45, 2.75) is 45.7 Å². The molecule has 1 aliphatic rings. The number of hydrogen-bond donors (Lipinski definition) is 1. The predicted molar refractivity (Wildman–Crippen MR) is 87.2 cm³/mol. The van der Waals surface area contributed by atoms with Crippen molar-refractivity contribution in [1.82, 2.24) is 10.2 Å². The van der Waals surface area contributed by atoms with Crippen LogP contribution in [-0.4, -0.2) is 30.6 Å². The van der Waals surface area contributed by atoms with E-state index in [1.165, 1.54) is 37.9 Å². The van der Waals surface area contributed by atoms with Crippen LogP contribution in [0.1, 0.15) is 38.7 Å². The fourth-order valence-corrected chi connectivity index (χ4v) is 2.92. The summed E-state index contributed by atoms with van der Waals surface area (Å²) in [4.78, 5) is 2.56. The van der Waals surface area contributed by atoms with Gasteiger partial charge < -0.3 is 5.32 Å². The summed E-state index contributed by atoms with van der Waals surface area (Å²) in [6.07, 6.45) is 3.88. The number of piperidine rings is 1. The highest BCUT2D eigenvalue weighted by molar-refractivity contribution is 6.30. The molecule has 0 aliphatic carbocycles. The first-order valence-corrected chi connectivity index (χ1v) is 8.21. The van der Waals surface area contributed by atoms with Crippen LogP contribution < -0.4 is 5.32 Å². The molecule has 0 amide bonds. The molecule has 112 valence electrons. The predicted octanol–water partition coefficient (Wildman–Crippen LogP) is 3.94. The van der Waals surface area contributed by atoms with Gasteiger partial charge in [-0.15, -0.1) is 0 Å². The second-order valence-corrected chi connectivity index (χ2v) is 6.77. The van der Waals surface area contributed by atoms with Gasteiger partial charge in [0.25, 0.3) is 0 Å². The Morgan fingerprint density at radius 3 is 2.75 bits per heavy atom. The summed E-state index contributed by atoms with van der Waals surface area (Å²) in [5.41, 5.74) is 1.36. The van der Waals surface area contributed by atoms with E-state index in [9.17, 15) is 0 Å². The maximum atomic E-state index is 5.94. The molecule has 20 heavy (non-hydrogen) atoms. The zero-order chi connectivity index (χ0) is 14.4. The summed E-state index contributed by atoms with van der Waals surface area (Å²) in [6.45, 7) is 9.15. The third-order valence-corrected chi connectivity index (χ3v) is 4.23. The van der Waals surface area contributed by atoms with Crippen LogP contribution in [0, 0.1) is 5.92 Å². The molecular weight excluding hydrogens is 268 g/mol. The van der Waals surface area contributed by atoms with Crippen molar-refractivity contribution >= 4 is 11.6 Å². The number of nitrogens with one attached hydrogen (secondary N) is 1. The lowest BCUT2D eigenvalue weighted by molar-refractivity contribution is 0.182. The molecule has 3 heteroatoms. The Balaban J connectivity index is 1.76. The van der Waals surface area contributed by atoms with Crippen LogP contribution in [0.3, 0.4) is 0 Å². The van der Waals surface area contributed by atoms with Gasteiger partial charge in [0.1, 0.15) is 0 Å². The van der Waals surface area contributed by atoms with Gasteiger partial charge in [-0.25, -0.2) is 0 Å². The van der Waals surface area contributed by atoms with Gasteiger partial charge in [-0.1, -0.05) is 37.6 Å². The van der Waals surface area contributed by atoms with Crippen molar-refractivity contribution < 1.29 is 0 Å². The van der Waals surface area contributed by atoms with E-state index in [0.29, 0.717) is 6.04 Å². The van der Waals surface area contributed by atoms with Gasteiger partial charge in [0.2, 0.25) is 0 Å². The van der Waals surface area contributed by atoms with E-state index < -0.39 is 0 Å². The third-order valence-electron chi connectivity index (χ3n) is 3.98. The molecule has 0 spiro atoms. The van der Waals surface area contributed by atoms with E-state index in [0.717, 1.165) is 24.0 Å². The first kappa shape index (κ1) is 15.8. The van der Waals surface area contributed by atoms with Gasteiger partial charge >= 0.3 is 0 Å². The summed E-state index contributed by atoms with van der Waals surface area (Å²) in [7, 11) is 0. The minimum Gasteiger partial charge on any atom is -0.313 e. The molecule has 2 rings (SSSR count). The van der Waals surface area contributed by atoms with Crippen molar-refractivity contribution in [2.75, 3.05) is 19.6 Å². The molecule has 0 bridgehead atoms. The van der Waals surface area contributed by atoms with Crippen molar-refractivity contribution in [1.29, 1.82) is 0 Å². The van der Waals surface area contributed by atoms with Crippen LogP contribution >= 0.6 is 11.6 Å². The van der Waals surface area contributed by atoms with Gasteiger partial charge in [0.05, 0.1) is 0 Å². The molecule has 2 nitrogen and oxygen atoms in total. The Bertz CT molecular complexity index is 388. The zero-order valence-corrected chi connectivity index (χ0v) is 13.5. The lowest BCUT2D eigenvalue weighted by atomic mass is 10.0. The van der Waals surface area contributed by atoms with E-state index >= 15 is 0 Å².